The number of nitrogens with zero attached hydrogens (tertiary/aromatic N) is 3. The minimum atomic E-state index is 0.444. The monoisotopic (exact) mass is 244 g/mol. The van der Waals surface area contributed by atoms with Gasteiger partial charge in [-0.05, 0) is 43.7 Å². The molecular weight excluding hydrogens is 224 g/mol. The van der Waals surface area contributed by atoms with E-state index in [4.69, 9.17) is 5.73 Å². The molecule has 1 aliphatic rings. The summed E-state index contributed by atoms with van der Waals surface area (Å²) in [7, 11) is 0. The zero-order valence-electron chi connectivity index (χ0n) is 11.2. The first-order valence-corrected chi connectivity index (χ1v) is 6.69. The fourth-order valence-corrected chi connectivity index (χ4v) is 3.12. The number of pyridine rings is 1. The Balaban J connectivity index is 2.16. The molecule has 0 bridgehead atoms. The second kappa shape index (κ2) is 3.97. The summed E-state index contributed by atoms with van der Waals surface area (Å²) in [6.07, 6.45) is 2.43. The van der Waals surface area contributed by atoms with Gasteiger partial charge in [0, 0.05) is 11.7 Å². The molecule has 3 unspecified atom stereocenters. The van der Waals surface area contributed by atoms with Crippen LogP contribution in [-0.2, 0) is 0 Å². The Morgan fingerprint density at radius 2 is 2.00 bits per heavy atom. The topological polar surface area (TPSA) is 56.7 Å². The summed E-state index contributed by atoms with van der Waals surface area (Å²) < 4.78 is 2.15. The minimum Gasteiger partial charge on any atom is -0.369 e. The molecule has 2 aromatic rings. The molecule has 0 spiro atoms. The predicted octanol–water partition coefficient (Wildman–Crippen LogP) is 2.93. The number of aryl methyl sites for hydroxylation is 1. The molecule has 3 rings (SSSR count). The van der Waals surface area contributed by atoms with Crippen molar-refractivity contribution >= 4 is 17.1 Å². The fraction of sp³-hybridized carbons (Fsp3) is 0.571. The van der Waals surface area contributed by atoms with Crippen LogP contribution in [0.3, 0.4) is 0 Å². The number of hydrogen-bond donors (Lipinski definition) is 1. The van der Waals surface area contributed by atoms with E-state index in [1.165, 1.54) is 12.8 Å². The fourth-order valence-electron chi connectivity index (χ4n) is 3.12. The number of aromatic nitrogens is 3. The second-order valence-corrected chi connectivity index (χ2v) is 5.62. The highest BCUT2D eigenvalue weighted by atomic mass is 15.2. The third-order valence-electron chi connectivity index (χ3n) is 4.46. The van der Waals surface area contributed by atoms with Gasteiger partial charge in [0.1, 0.15) is 5.52 Å². The highest BCUT2D eigenvalue weighted by molar-refractivity contribution is 5.74. The Morgan fingerprint density at radius 3 is 2.67 bits per heavy atom. The number of nitrogens with two attached hydrogens (primary N) is 1. The molecule has 2 heterocycles. The SMILES string of the molecule is Cc1ccc2nc(N)n(C3CCC(C)C3C)c2n1. The van der Waals surface area contributed by atoms with Crippen molar-refractivity contribution in [1.82, 2.24) is 14.5 Å². The molecule has 2 aromatic heterocycles. The van der Waals surface area contributed by atoms with Crippen LogP contribution in [0.4, 0.5) is 5.95 Å². The number of nitrogen functional groups attached to an aromatic ring is 1. The number of imidazole rings is 1. The van der Waals surface area contributed by atoms with Crippen LogP contribution in [0.15, 0.2) is 12.1 Å². The molecule has 2 N–H and O–H groups in total. The van der Waals surface area contributed by atoms with Gasteiger partial charge in [0.2, 0.25) is 5.95 Å². The Bertz CT molecular complexity index is 587. The van der Waals surface area contributed by atoms with Crippen LogP contribution in [0, 0.1) is 18.8 Å². The van der Waals surface area contributed by atoms with E-state index in [0.717, 1.165) is 22.8 Å². The van der Waals surface area contributed by atoms with Crippen molar-refractivity contribution in [2.24, 2.45) is 11.8 Å². The molecular formula is C14H20N4. The van der Waals surface area contributed by atoms with Crippen LogP contribution in [0.25, 0.3) is 11.2 Å². The zero-order valence-corrected chi connectivity index (χ0v) is 11.2. The van der Waals surface area contributed by atoms with Gasteiger partial charge >= 0.3 is 0 Å². The van der Waals surface area contributed by atoms with E-state index in [1.54, 1.807) is 0 Å². The molecule has 0 radical (unpaired) electrons. The summed E-state index contributed by atoms with van der Waals surface area (Å²) in [6.45, 7) is 6.63. The summed E-state index contributed by atoms with van der Waals surface area (Å²) in [5.74, 6) is 1.98. The molecule has 0 saturated heterocycles. The molecule has 1 fully saturated rings. The smallest absolute Gasteiger partial charge is 0.202 e. The molecule has 4 nitrogen and oxygen atoms in total. The Hall–Kier alpha value is -1.58. The molecule has 4 heteroatoms. The van der Waals surface area contributed by atoms with E-state index in [0.29, 0.717) is 17.9 Å². The van der Waals surface area contributed by atoms with Crippen LogP contribution >= 0.6 is 0 Å². The van der Waals surface area contributed by atoms with Crippen molar-refractivity contribution in [3.8, 4) is 0 Å². The lowest BCUT2D eigenvalue weighted by Gasteiger charge is -2.21. The minimum absolute atomic E-state index is 0.444. The Labute approximate surface area is 107 Å². The number of anilines is 1. The first-order valence-electron chi connectivity index (χ1n) is 6.69. The van der Waals surface area contributed by atoms with Gasteiger partial charge < -0.3 is 5.73 Å². The van der Waals surface area contributed by atoms with Crippen LogP contribution in [0.5, 0.6) is 0 Å². The van der Waals surface area contributed by atoms with Crippen molar-refractivity contribution in [2.75, 3.05) is 5.73 Å². The van der Waals surface area contributed by atoms with Gasteiger partial charge in [0.15, 0.2) is 5.65 Å². The highest BCUT2D eigenvalue weighted by Gasteiger charge is 2.33. The van der Waals surface area contributed by atoms with Crippen LogP contribution in [0.1, 0.15) is 38.4 Å². The maximum Gasteiger partial charge on any atom is 0.202 e. The van der Waals surface area contributed by atoms with Crippen LogP contribution < -0.4 is 5.73 Å². The average molecular weight is 244 g/mol. The van der Waals surface area contributed by atoms with Gasteiger partial charge in [-0.1, -0.05) is 13.8 Å². The third kappa shape index (κ3) is 1.59. The number of hydrogen-bond acceptors (Lipinski definition) is 3. The van der Waals surface area contributed by atoms with Crippen LogP contribution in [-0.4, -0.2) is 14.5 Å². The van der Waals surface area contributed by atoms with E-state index in [9.17, 15) is 0 Å². The molecule has 18 heavy (non-hydrogen) atoms. The van der Waals surface area contributed by atoms with Crippen molar-refractivity contribution in [1.29, 1.82) is 0 Å². The van der Waals surface area contributed by atoms with Gasteiger partial charge in [-0.15, -0.1) is 0 Å². The zero-order chi connectivity index (χ0) is 12.9. The predicted molar refractivity (Wildman–Crippen MR) is 73.3 cm³/mol. The lowest BCUT2D eigenvalue weighted by atomic mass is 9.98. The average Bonchev–Trinajstić information content (AvgIpc) is 2.81. The molecule has 1 saturated carbocycles. The molecule has 1 aliphatic carbocycles. The second-order valence-electron chi connectivity index (χ2n) is 5.62. The van der Waals surface area contributed by atoms with Gasteiger partial charge in [-0.2, -0.15) is 0 Å². The maximum atomic E-state index is 6.10. The first kappa shape index (κ1) is 11.5. The van der Waals surface area contributed by atoms with E-state index < -0.39 is 0 Å². The Kier molecular flexibility index (Phi) is 2.54. The Morgan fingerprint density at radius 1 is 1.22 bits per heavy atom. The largest absolute Gasteiger partial charge is 0.369 e. The molecule has 3 atom stereocenters. The molecule has 96 valence electrons. The summed E-state index contributed by atoms with van der Waals surface area (Å²) in [4.78, 5) is 9.06. The van der Waals surface area contributed by atoms with Gasteiger partial charge in [0.25, 0.3) is 0 Å². The normalized spacial score (nSPS) is 28.1. The summed E-state index contributed by atoms with van der Waals surface area (Å²) in [5.41, 5.74) is 8.97. The lowest BCUT2D eigenvalue weighted by Crippen LogP contribution is -2.17. The summed E-state index contributed by atoms with van der Waals surface area (Å²) in [6, 6.07) is 4.44. The van der Waals surface area contributed by atoms with Crippen molar-refractivity contribution in [3.63, 3.8) is 0 Å². The number of fused-ring (bicyclic) bond motifs is 1. The van der Waals surface area contributed by atoms with E-state index in [-0.39, 0.29) is 0 Å². The third-order valence-corrected chi connectivity index (χ3v) is 4.46. The quantitative estimate of drug-likeness (QED) is 0.839. The summed E-state index contributed by atoms with van der Waals surface area (Å²) in [5, 5.41) is 0. The van der Waals surface area contributed by atoms with Gasteiger partial charge in [-0.3, -0.25) is 4.57 Å². The van der Waals surface area contributed by atoms with Crippen molar-refractivity contribution in [3.05, 3.63) is 17.8 Å². The molecule has 0 aromatic carbocycles. The number of rotatable bonds is 1. The molecule has 0 aliphatic heterocycles. The van der Waals surface area contributed by atoms with E-state index in [2.05, 4.69) is 28.4 Å². The van der Waals surface area contributed by atoms with Crippen molar-refractivity contribution in [2.45, 2.75) is 39.7 Å². The maximum absolute atomic E-state index is 6.10. The summed E-state index contributed by atoms with van der Waals surface area (Å²) >= 11 is 0. The van der Waals surface area contributed by atoms with E-state index in [1.807, 2.05) is 19.1 Å². The van der Waals surface area contributed by atoms with Crippen LogP contribution in [0.2, 0.25) is 0 Å². The first-order chi connectivity index (χ1) is 8.58. The van der Waals surface area contributed by atoms with Gasteiger partial charge in [-0.25, -0.2) is 9.97 Å². The molecule has 0 amide bonds. The standard InChI is InChI=1S/C14H20N4/c1-8-4-7-12(10(8)3)18-13-11(17-14(18)15)6-5-9(2)16-13/h5-6,8,10,12H,4,7H2,1-3H3,(H2,15,17). The highest BCUT2D eigenvalue weighted by Crippen LogP contribution is 2.42. The van der Waals surface area contributed by atoms with Gasteiger partial charge in [0.05, 0.1) is 0 Å². The lowest BCUT2D eigenvalue weighted by molar-refractivity contribution is 0.360. The van der Waals surface area contributed by atoms with Crippen molar-refractivity contribution < 1.29 is 0 Å². The van der Waals surface area contributed by atoms with E-state index >= 15 is 0 Å².